The van der Waals surface area contributed by atoms with Crippen LogP contribution in [0.1, 0.15) is 57.4 Å². The molecule has 2 aromatic rings. The summed E-state index contributed by atoms with van der Waals surface area (Å²) >= 11 is 0. The standard InChI is InChI=1S/C21H28.Na.H/c1-2-3-4-5-6-7-9-14-20-17-12-13-18-21(20)19-15-10-8-11-16-19;;/h8,10-13,15-18H,2-7,9,14H2,1H3;;. The average molecular weight is 304 g/mol. The van der Waals surface area contributed by atoms with Crippen molar-refractivity contribution in [3.05, 3.63) is 60.2 Å². The fourth-order valence-electron chi connectivity index (χ4n) is 2.91. The van der Waals surface area contributed by atoms with E-state index in [1.54, 1.807) is 0 Å². The van der Waals surface area contributed by atoms with Crippen molar-refractivity contribution in [2.75, 3.05) is 0 Å². The van der Waals surface area contributed by atoms with Crippen LogP contribution in [0.3, 0.4) is 0 Å². The van der Waals surface area contributed by atoms with Crippen LogP contribution < -0.4 is 0 Å². The van der Waals surface area contributed by atoms with Gasteiger partial charge in [-0.15, -0.1) is 0 Å². The Bertz CT molecular complexity index is 504. The Hall–Kier alpha value is -0.560. The molecule has 2 rings (SSSR count). The number of benzene rings is 2. The zero-order valence-electron chi connectivity index (χ0n) is 13.4. The van der Waals surface area contributed by atoms with Gasteiger partial charge in [0.25, 0.3) is 0 Å². The molecule has 0 amide bonds. The van der Waals surface area contributed by atoms with E-state index in [1.165, 1.54) is 68.1 Å². The number of aryl methyl sites for hydroxylation is 1. The van der Waals surface area contributed by atoms with Gasteiger partial charge in [0.15, 0.2) is 0 Å². The van der Waals surface area contributed by atoms with E-state index in [0.29, 0.717) is 0 Å². The van der Waals surface area contributed by atoms with E-state index in [0.717, 1.165) is 0 Å². The first-order valence-corrected chi connectivity index (χ1v) is 8.55. The zero-order valence-corrected chi connectivity index (χ0v) is 13.4. The van der Waals surface area contributed by atoms with Gasteiger partial charge < -0.3 is 0 Å². The normalized spacial score (nSPS) is 10.2. The summed E-state index contributed by atoms with van der Waals surface area (Å²) < 4.78 is 0. The van der Waals surface area contributed by atoms with Crippen molar-refractivity contribution in [2.24, 2.45) is 0 Å². The Labute approximate surface area is 158 Å². The molecule has 0 aliphatic carbocycles. The first kappa shape index (κ1) is 19.5. The second-order valence-corrected chi connectivity index (χ2v) is 5.89. The molecule has 0 radical (unpaired) electrons. The number of unbranched alkanes of at least 4 members (excludes halogenated alkanes) is 6. The SMILES string of the molecule is CCCCCCCCCc1ccccc1-c1ccccc1.[NaH]. The van der Waals surface area contributed by atoms with Crippen LogP contribution in [0.2, 0.25) is 0 Å². The molecule has 0 N–H and O–H groups in total. The fourth-order valence-corrected chi connectivity index (χ4v) is 2.91. The summed E-state index contributed by atoms with van der Waals surface area (Å²) in [5.74, 6) is 0. The topological polar surface area (TPSA) is 0 Å². The van der Waals surface area contributed by atoms with Gasteiger partial charge in [-0.3, -0.25) is 0 Å². The van der Waals surface area contributed by atoms with Crippen LogP contribution in [0.5, 0.6) is 0 Å². The summed E-state index contributed by atoms with van der Waals surface area (Å²) in [6.07, 6.45) is 10.8. The number of hydrogen-bond donors (Lipinski definition) is 0. The maximum absolute atomic E-state index is 2.29. The van der Waals surface area contributed by atoms with E-state index in [1.807, 2.05) is 0 Å². The van der Waals surface area contributed by atoms with Gasteiger partial charge in [-0.1, -0.05) is 100 Å². The first-order valence-electron chi connectivity index (χ1n) is 8.55. The van der Waals surface area contributed by atoms with Gasteiger partial charge in [0.1, 0.15) is 0 Å². The molecule has 0 spiro atoms. The van der Waals surface area contributed by atoms with Crippen molar-refractivity contribution in [1.82, 2.24) is 0 Å². The van der Waals surface area contributed by atoms with Crippen molar-refractivity contribution in [3.8, 4) is 11.1 Å². The Kier molecular flexibility index (Phi) is 10.6. The molecule has 0 fully saturated rings. The number of rotatable bonds is 9. The van der Waals surface area contributed by atoms with Crippen molar-refractivity contribution in [3.63, 3.8) is 0 Å². The molecule has 0 saturated heterocycles. The molecule has 0 atom stereocenters. The first-order chi connectivity index (χ1) is 10.4. The third kappa shape index (κ3) is 6.69. The Balaban J connectivity index is 0.00000242. The molecule has 0 unspecified atom stereocenters. The quantitative estimate of drug-likeness (QED) is 0.394. The summed E-state index contributed by atoms with van der Waals surface area (Å²) in [6.45, 7) is 2.28. The van der Waals surface area contributed by atoms with Crippen LogP contribution >= 0.6 is 0 Å². The van der Waals surface area contributed by atoms with Crippen molar-refractivity contribution in [1.29, 1.82) is 0 Å². The second kappa shape index (κ2) is 11.9. The van der Waals surface area contributed by atoms with Gasteiger partial charge in [0.05, 0.1) is 0 Å². The molecular formula is C21H29Na. The van der Waals surface area contributed by atoms with Gasteiger partial charge >= 0.3 is 29.6 Å². The van der Waals surface area contributed by atoms with Crippen molar-refractivity contribution >= 4 is 29.6 Å². The molecule has 2 aromatic carbocycles. The second-order valence-electron chi connectivity index (χ2n) is 5.89. The maximum atomic E-state index is 2.29. The van der Waals surface area contributed by atoms with Crippen LogP contribution in [0, 0.1) is 0 Å². The van der Waals surface area contributed by atoms with Crippen LogP contribution in [0.25, 0.3) is 11.1 Å². The summed E-state index contributed by atoms with van der Waals surface area (Å²) in [7, 11) is 0. The third-order valence-corrected chi connectivity index (χ3v) is 4.15. The fraction of sp³-hybridized carbons (Fsp3) is 0.429. The van der Waals surface area contributed by atoms with Crippen LogP contribution in [0.15, 0.2) is 54.6 Å². The summed E-state index contributed by atoms with van der Waals surface area (Å²) in [5, 5.41) is 0. The Morgan fingerprint density at radius 3 is 1.95 bits per heavy atom. The van der Waals surface area contributed by atoms with E-state index in [-0.39, 0.29) is 29.6 Å². The molecule has 0 nitrogen and oxygen atoms in total. The van der Waals surface area contributed by atoms with Crippen LogP contribution in [0.4, 0.5) is 0 Å². The molecule has 0 aromatic heterocycles. The molecule has 0 aliphatic heterocycles. The predicted octanol–water partition coefficient (Wildman–Crippen LogP) is 6.00. The van der Waals surface area contributed by atoms with Gasteiger partial charge in [0.2, 0.25) is 0 Å². The van der Waals surface area contributed by atoms with Gasteiger partial charge in [-0.25, -0.2) is 0 Å². The van der Waals surface area contributed by atoms with Gasteiger partial charge in [-0.05, 0) is 29.5 Å². The van der Waals surface area contributed by atoms with Crippen LogP contribution in [-0.2, 0) is 6.42 Å². The molecule has 0 saturated carbocycles. The summed E-state index contributed by atoms with van der Waals surface area (Å²) in [5.41, 5.74) is 4.25. The third-order valence-electron chi connectivity index (χ3n) is 4.15. The van der Waals surface area contributed by atoms with E-state index >= 15 is 0 Å². The van der Waals surface area contributed by atoms with Crippen molar-refractivity contribution in [2.45, 2.75) is 58.3 Å². The summed E-state index contributed by atoms with van der Waals surface area (Å²) in [6, 6.07) is 19.6. The number of hydrogen-bond acceptors (Lipinski definition) is 0. The minimum absolute atomic E-state index is 0. The van der Waals surface area contributed by atoms with Crippen LogP contribution in [-0.4, -0.2) is 29.6 Å². The van der Waals surface area contributed by atoms with E-state index in [4.69, 9.17) is 0 Å². The predicted molar refractivity (Wildman–Crippen MR) is 101 cm³/mol. The monoisotopic (exact) mass is 304 g/mol. The van der Waals surface area contributed by atoms with Gasteiger partial charge in [0, 0.05) is 0 Å². The minimum atomic E-state index is 0. The van der Waals surface area contributed by atoms with Gasteiger partial charge in [-0.2, -0.15) is 0 Å². The Morgan fingerprint density at radius 2 is 1.23 bits per heavy atom. The molecule has 1 heteroatoms. The molecule has 22 heavy (non-hydrogen) atoms. The summed E-state index contributed by atoms with van der Waals surface area (Å²) in [4.78, 5) is 0. The zero-order chi connectivity index (χ0) is 14.8. The molecule has 0 heterocycles. The molecule has 114 valence electrons. The Morgan fingerprint density at radius 1 is 0.636 bits per heavy atom. The van der Waals surface area contributed by atoms with E-state index in [2.05, 4.69) is 61.5 Å². The van der Waals surface area contributed by atoms with Crippen molar-refractivity contribution < 1.29 is 0 Å². The average Bonchev–Trinajstić information content (AvgIpc) is 2.55. The van der Waals surface area contributed by atoms with E-state index < -0.39 is 0 Å². The molecular weight excluding hydrogens is 275 g/mol. The van der Waals surface area contributed by atoms with E-state index in [9.17, 15) is 0 Å². The molecule has 0 bridgehead atoms. The molecule has 0 aliphatic rings.